The molecule has 0 amide bonds. The quantitative estimate of drug-likeness (QED) is 0.816. The molecular weight excluding hydrogens is 242 g/mol. The second-order valence-corrected chi connectivity index (χ2v) is 6.92. The van der Waals surface area contributed by atoms with Crippen LogP contribution >= 0.6 is 0 Å². The Hall–Kier alpha value is -0.820. The highest BCUT2D eigenvalue weighted by Crippen LogP contribution is 2.28. The molecule has 1 aliphatic carbocycles. The monoisotopic (exact) mass is 273 g/mol. The molecule has 2 N–H and O–H groups in total. The van der Waals surface area contributed by atoms with E-state index in [1.807, 2.05) is 0 Å². The first-order valence-electron chi connectivity index (χ1n) is 8.38. The molecule has 1 aromatic rings. The lowest BCUT2D eigenvalue weighted by molar-refractivity contribution is 0.323. The number of nitrogens with two attached hydrogens (primary N) is 1. The molecule has 20 heavy (non-hydrogen) atoms. The van der Waals surface area contributed by atoms with Crippen molar-refractivity contribution in [2.75, 3.05) is 0 Å². The average molecular weight is 273 g/mol. The summed E-state index contributed by atoms with van der Waals surface area (Å²) in [6, 6.07) is 4.91. The molecule has 1 nitrogen and oxygen atoms in total. The summed E-state index contributed by atoms with van der Waals surface area (Å²) in [4.78, 5) is 0. The van der Waals surface area contributed by atoms with Crippen molar-refractivity contribution >= 4 is 0 Å². The average Bonchev–Trinajstić information content (AvgIpc) is 2.42. The number of hydrogen-bond acceptors (Lipinski definition) is 1. The van der Waals surface area contributed by atoms with Gasteiger partial charge in [0.25, 0.3) is 0 Å². The largest absolute Gasteiger partial charge is 0.327 e. The molecule has 1 fully saturated rings. The van der Waals surface area contributed by atoms with E-state index in [1.165, 1.54) is 67.2 Å². The standard InChI is InChI=1S/C19H31N/c1-14-11-15(2)19(16(3)12-14)13-18(20)10-9-17-7-5-4-6-8-17/h11-12,17-18H,4-10,13,20H2,1-3H3. The summed E-state index contributed by atoms with van der Waals surface area (Å²) in [5.74, 6) is 0.954. The predicted molar refractivity (Wildman–Crippen MR) is 88.1 cm³/mol. The van der Waals surface area contributed by atoms with E-state index in [0.29, 0.717) is 6.04 Å². The molecule has 0 aliphatic heterocycles. The number of aryl methyl sites for hydroxylation is 3. The van der Waals surface area contributed by atoms with E-state index in [2.05, 4.69) is 32.9 Å². The molecule has 1 unspecified atom stereocenters. The molecule has 0 aromatic heterocycles. The minimum absolute atomic E-state index is 0.331. The SMILES string of the molecule is Cc1cc(C)c(CC(N)CCC2CCCCC2)c(C)c1. The van der Waals surface area contributed by atoms with Gasteiger partial charge in [0.2, 0.25) is 0 Å². The highest BCUT2D eigenvalue weighted by molar-refractivity contribution is 5.37. The maximum absolute atomic E-state index is 6.40. The zero-order chi connectivity index (χ0) is 14.5. The fourth-order valence-corrected chi connectivity index (χ4v) is 3.82. The third-order valence-electron chi connectivity index (χ3n) is 4.98. The van der Waals surface area contributed by atoms with Crippen LogP contribution in [-0.2, 0) is 6.42 Å². The lowest BCUT2D eigenvalue weighted by Crippen LogP contribution is -2.25. The lowest BCUT2D eigenvalue weighted by atomic mass is 9.84. The van der Waals surface area contributed by atoms with Crippen molar-refractivity contribution in [1.82, 2.24) is 0 Å². The second-order valence-electron chi connectivity index (χ2n) is 6.92. The Balaban J connectivity index is 1.86. The minimum atomic E-state index is 0.331. The molecule has 1 saturated carbocycles. The topological polar surface area (TPSA) is 26.0 Å². The fourth-order valence-electron chi connectivity index (χ4n) is 3.82. The first-order valence-corrected chi connectivity index (χ1v) is 8.38. The van der Waals surface area contributed by atoms with Crippen molar-refractivity contribution in [3.05, 3.63) is 34.4 Å². The highest BCUT2D eigenvalue weighted by Gasteiger charge is 2.16. The van der Waals surface area contributed by atoms with Crippen LogP contribution in [0.15, 0.2) is 12.1 Å². The van der Waals surface area contributed by atoms with Crippen LogP contribution in [0.1, 0.15) is 67.2 Å². The molecule has 1 heteroatoms. The van der Waals surface area contributed by atoms with Crippen LogP contribution < -0.4 is 5.73 Å². The Kier molecular flexibility index (Phi) is 5.65. The van der Waals surface area contributed by atoms with Gasteiger partial charge in [-0.3, -0.25) is 0 Å². The van der Waals surface area contributed by atoms with Gasteiger partial charge in [0.15, 0.2) is 0 Å². The van der Waals surface area contributed by atoms with Crippen LogP contribution in [-0.4, -0.2) is 6.04 Å². The van der Waals surface area contributed by atoms with E-state index < -0.39 is 0 Å². The molecule has 1 aromatic carbocycles. The summed E-state index contributed by atoms with van der Waals surface area (Å²) in [6.45, 7) is 6.62. The van der Waals surface area contributed by atoms with Gasteiger partial charge in [-0.2, -0.15) is 0 Å². The van der Waals surface area contributed by atoms with Gasteiger partial charge in [-0.25, -0.2) is 0 Å². The van der Waals surface area contributed by atoms with Crippen molar-refractivity contribution in [3.63, 3.8) is 0 Å². The van der Waals surface area contributed by atoms with Gasteiger partial charge < -0.3 is 5.73 Å². The Morgan fingerprint density at radius 3 is 2.25 bits per heavy atom. The number of rotatable bonds is 5. The van der Waals surface area contributed by atoms with Crippen LogP contribution in [0.4, 0.5) is 0 Å². The van der Waals surface area contributed by atoms with Crippen LogP contribution in [0.5, 0.6) is 0 Å². The summed E-state index contributed by atoms with van der Waals surface area (Å²) in [6.07, 6.45) is 10.8. The first kappa shape index (κ1) is 15.6. The van der Waals surface area contributed by atoms with E-state index in [0.717, 1.165) is 12.3 Å². The smallest absolute Gasteiger partial charge is 0.00796 e. The van der Waals surface area contributed by atoms with Gasteiger partial charge in [-0.05, 0) is 62.6 Å². The summed E-state index contributed by atoms with van der Waals surface area (Å²) in [7, 11) is 0. The molecule has 0 bridgehead atoms. The van der Waals surface area contributed by atoms with Crippen LogP contribution in [0.2, 0.25) is 0 Å². The van der Waals surface area contributed by atoms with E-state index in [-0.39, 0.29) is 0 Å². The second kappa shape index (κ2) is 7.26. The zero-order valence-corrected chi connectivity index (χ0v) is 13.5. The van der Waals surface area contributed by atoms with Gasteiger partial charge in [-0.1, -0.05) is 49.8 Å². The maximum Gasteiger partial charge on any atom is 0.00796 e. The third-order valence-corrected chi connectivity index (χ3v) is 4.98. The zero-order valence-electron chi connectivity index (χ0n) is 13.5. The van der Waals surface area contributed by atoms with Crippen molar-refractivity contribution in [1.29, 1.82) is 0 Å². The summed E-state index contributed by atoms with van der Waals surface area (Å²) >= 11 is 0. The molecule has 0 saturated heterocycles. The maximum atomic E-state index is 6.40. The van der Waals surface area contributed by atoms with Crippen LogP contribution in [0, 0.1) is 26.7 Å². The highest BCUT2D eigenvalue weighted by atomic mass is 14.6. The van der Waals surface area contributed by atoms with Crippen LogP contribution in [0.3, 0.4) is 0 Å². The summed E-state index contributed by atoms with van der Waals surface area (Å²) in [5.41, 5.74) is 12.1. The predicted octanol–water partition coefficient (Wildman–Crippen LogP) is 4.84. The Bertz CT molecular complexity index is 406. The minimum Gasteiger partial charge on any atom is -0.327 e. The van der Waals surface area contributed by atoms with Crippen molar-refractivity contribution in [2.45, 2.75) is 78.2 Å². The Morgan fingerprint density at radius 2 is 1.65 bits per heavy atom. The Morgan fingerprint density at radius 1 is 1.05 bits per heavy atom. The third kappa shape index (κ3) is 4.34. The molecule has 0 heterocycles. The van der Waals surface area contributed by atoms with Gasteiger partial charge >= 0.3 is 0 Å². The van der Waals surface area contributed by atoms with Crippen molar-refractivity contribution in [3.8, 4) is 0 Å². The van der Waals surface area contributed by atoms with Crippen molar-refractivity contribution in [2.24, 2.45) is 11.7 Å². The van der Waals surface area contributed by atoms with E-state index in [1.54, 1.807) is 0 Å². The van der Waals surface area contributed by atoms with Gasteiger partial charge in [0, 0.05) is 6.04 Å². The molecule has 2 rings (SSSR count). The molecule has 1 atom stereocenters. The molecule has 1 aliphatic rings. The fraction of sp³-hybridized carbons (Fsp3) is 0.684. The number of hydrogen-bond donors (Lipinski definition) is 1. The molecule has 0 radical (unpaired) electrons. The normalized spacial score (nSPS) is 18.2. The van der Waals surface area contributed by atoms with E-state index in [9.17, 15) is 0 Å². The summed E-state index contributed by atoms with van der Waals surface area (Å²) in [5, 5.41) is 0. The Labute approximate surface area is 125 Å². The summed E-state index contributed by atoms with van der Waals surface area (Å²) < 4.78 is 0. The van der Waals surface area contributed by atoms with Gasteiger partial charge in [0.1, 0.15) is 0 Å². The number of benzene rings is 1. The van der Waals surface area contributed by atoms with E-state index in [4.69, 9.17) is 5.73 Å². The van der Waals surface area contributed by atoms with Gasteiger partial charge in [-0.15, -0.1) is 0 Å². The lowest BCUT2D eigenvalue weighted by Gasteiger charge is -2.23. The molecular formula is C19H31N. The molecule has 112 valence electrons. The van der Waals surface area contributed by atoms with Gasteiger partial charge in [0.05, 0.1) is 0 Å². The van der Waals surface area contributed by atoms with E-state index >= 15 is 0 Å². The van der Waals surface area contributed by atoms with Crippen LogP contribution in [0.25, 0.3) is 0 Å². The first-order chi connectivity index (χ1) is 9.56. The van der Waals surface area contributed by atoms with Crippen molar-refractivity contribution < 1.29 is 0 Å². The molecule has 0 spiro atoms.